The van der Waals surface area contributed by atoms with E-state index in [1.165, 1.54) is 22.3 Å². The molecule has 0 fully saturated rings. The summed E-state index contributed by atoms with van der Waals surface area (Å²) in [6, 6.07) is 8.84. The Hall–Kier alpha value is -1.99. The highest BCUT2D eigenvalue weighted by molar-refractivity contribution is 6.64. The Labute approximate surface area is 146 Å². The number of benzene rings is 1. The van der Waals surface area contributed by atoms with Gasteiger partial charge in [0.25, 0.3) is 0 Å². The summed E-state index contributed by atoms with van der Waals surface area (Å²) in [5, 5.41) is 0. The predicted molar refractivity (Wildman–Crippen MR) is 108 cm³/mol. The van der Waals surface area contributed by atoms with E-state index in [1.807, 2.05) is 0 Å². The minimum atomic E-state index is -0.372. The van der Waals surface area contributed by atoms with E-state index in [0.717, 1.165) is 6.42 Å². The number of rotatable bonds is 2. The third kappa shape index (κ3) is 2.57. The molecule has 0 amide bonds. The molecule has 0 aliphatic heterocycles. The fraction of sp³-hybridized carbons (Fsp3) is 0.261. The van der Waals surface area contributed by atoms with Crippen LogP contribution in [0.2, 0.25) is 13.1 Å². The molecule has 2 unspecified atom stereocenters. The fourth-order valence-electron chi connectivity index (χ4n) is 4.29. The summed E-state index contributed by atoms with van der Waals surface area (Å²) in [5.74, 6) is 0.973. The molecule has 2 atom stereocenters. The lowest BCUT2D eigenvalue weighted by Gasteiger charge is -2.22. The Morgan fingerprint density at radius 3 is 2.79 bits per heavy atom. The van der Waals surface area contributed by atoms with Gasteiger partial charge in [0.05, 0.1) is 0 Å². The van der Waals surface area contributed by atoms with E-state index in [9.17, 15) is 0 Å². The summed E-state index contributed by atoms with van der Waals surface area (Å²) in [5.41, 5.74) is 11.5. The van der Waals surface area contributed by atoms with Crippen molar-refractivity contribution in [2.75, 3.05) is 0 Å². The zero-order chi connectivity index (χ0) is 16.7. The van der Waals surface area contributed by atoms with Crippen LogP contribution < -0.4 is 0 Å². The van der Waals surface area contributed by atoms with Gasteiger partial charge in [-0.05, 0) is 55.2 Å². The van der Waals surface area contributed by atoms with E-state index in [-0.39, 0.29) is 8.41 Å². The Balaban J connectivity index is 1.89. The summed E-state index contributed by atoms with van der Waals surface area (Å²) in [6.45, 7) is 7.07. The highest BCUT2D eigenvalue weighted by Crippen LogP contribution is 2.47. The SMILES string of the molecule is CC1=CC2=CC=CCC(C=[Si](C)C)C2=C1C1C=Cc2ccccc21. The maximum Gasteiger partial charge on any atom is 0.0284 e. The molecule has 0 spiro atoms. The molecule has 0 heterocycles. The van der Waals surface area contributed by atoms with Gasteiger partial charge in [-0.3, -0.25) is 0 Å². The summed E-state index contributed by atoms with van der Waals surface area (Å²) in [4.78, 5) is 0. The molecule has 1 aromatic rings. The topological polar surface area (TPSA) is 0 Å². The minimum Gasteiger partial charge on any atom is -0.0963 e. The zero-order valence-electron chi connectivity index (χ0n) is 14.7. The van der Waals surface area contributed by atoms with Crippen molar-refractivity contribution in [2.24, 2.45) is 5.92 Å². The molecule has 0 saturated heterocycles. The molecule has 120 valence electrons. The molecule has 1 aromatic carbocycles. The van der Waals surface area contributed by atoms with Crippen LogP contribution in [-0.4, -0.2) is 14.1 Å². The summed E-state index contributed by atoms with van der Waals surface area (Å²) >= 11 is 0. The predicted octanol–water partition coefficient (Wildman–Crippen LogP) is 5.69. The number of hydrogen-bond donors (Lipinski definition) is 0. The van der Waals surface area contributed by atoms with Crippen LogP contribution in [0.4, 0.5) is 0 Å². The lowest BCUT2D eigenvalue weighted by Crippen LogP contribution is -2.13. The Bertz CT molecular complexity index is 867. The van der Waals surface area contributed by atoms with Gasteiger partial charge in [0.15, 0.2) is 0 Å². The zero-order valence-corrected chi connectivity index (χ0v) is 15.7. The molecule has 0 saturated carbocycles. The quantitative estimate of drug-likeness (QED) is 0.611. The Morgan fingerprint density at radius 1 is 1.12 bits per heavy atom. The molecule has 3 aliphatic rings. The van der Waals surface area contributed by atoms with Crippen LogP contribution >= 0.6 is 0 Å². The first-order chi connectivity index (χ1) is 11.6. The molecule has 3 aliphatic carbocycles. The molecule has 0 nitrogen and oxygen atoms in total. The van der Waals surface area contributed by atoms with E-state index in [0.29, 0.717) is 11.8 Å². The molecule has 0 N–H and O–H groups in total. The van der Waals surface area contributed by atoms with Crippen molar-refractivity contribution in [2.45, 2.75) is 32.4 Å². The van der Waals surface area contributed by atoms with Gasteiger partial charge in [0.1, 0.15) is 0 Å². The second-order valence-electron chi connectivity index (χ2n) is 7.26. The van der Waals surface area contributed by atoms with Crippen molar-refractivity contribution in [3.05, 3.63) is 88.1 Å². The lowest BCUT2D eigenvalue weighted by atomic mass is 9.83. The standard InChI is InChI=1S/C23H24Si/c1-16-14-18-9-4-5-10-19(15-24(2)3)23(18)22(16)21-13-12-17-8-6-7-11-20(17)21/h4-9,11-15,19,21H,10H2,1-3H3. The Morgan fingerprint density at radius 2 is 1.96 bits per heavy atom. The van der Waals surface area contributed by atoms with Crippen molar-refractivity contribution in [3.8, 4) is 0 Å². The van der Waals surface area contributed by atoms with Crippen LogP contribution in [0.1, 0.15) is 30.4 Å². The summed E-state index contributed by atoms with van der Waals surface area (Å²) in [7, 11) is -0.372. The van der Waals surface area contributed by atoms with E-state index < -0.39 is 0 Å². The molecular weight excluding hydrogens is 304 g/mol. The molecule has 0 bridgehead atoms. The van der Waals surface area contributed by atoms with Crippen LogP contribution in [0.15, 0.2) is 76.9 Å². The first kappa shape index (κ1) is 15.5. The average Bonchev–Trinajstić information content (AvgIpc) is 3.05. The maximum absolute atomic E-state index is 2.63. The molecule has 0 radical (unpaired) electrons. The fourth-order valence-corrected chi connectivity index (χ4v) is 5.40. The van der Waals surface area contributed by atoms with E-state index in [1.54, 1.807) is 11.1 Å². The van der Waals surface area contributed by atoms with Gasteiger partial charge in [0.2, 0.25) is 0 Å². The van der Waals surface area contributed by atoms with Gasteiger partial charge in [-0.25, -0.2) is 0 Å². The Kier molecular flexibility index (Phi) is 3.97. The number of allylic oxidation sites excluding steroid dienone is 9. The van der Waals surface area contributed by atoms with E-state index in [4.69, 9.17) is 0 Å². The third-order valence-corrected chi connectivity index (χ3v) is 6.28. The van der Waals surface area contributed by atoms with Crippen LogP contribution in [-0.2, 0) is 0 Å². The van der Waals surface area contributed by atoms with Crippen molar-refractivity contribution in [3.63, 3.8) is 0 Å². The average molecular weight is 329 g/mol. The van der Waals surface area contributed by atoms with Crippen molar-refractivity contribution < 1.29 is 0 Å². The van der Waals surface area contributed by atoms with Crippen LogP contribution in [0.3, 0.4) is 0 Å². The maximum atomic E-state index is 2.63. The van der Waals surface area contributed by atoms with Gasteiger partial charge in [-0.2, -0.15) is 0 Å². The van der Waals surface area contributed by atoms with Crippen molar-refractivity contribution in [1.82, 2.24) is 0 Å². The summed E-state index contributed by atoms with van der Waals surface area (Å²) in [6.07, 6.45) is 15.1. The van der Waals surface area contributed by atoms with Crippen molar-refractivity contribution >= 4 is 20.2 Å². The minimum absolute atomic E-state index is 0.372. The molecule has 1 heteroatoms. The normalized spacial score (nSPS) is 24.3. The highest BCUT2D eigenvalue weighted by atomic mass is 28.2. The first-order valence-corrected chi connectivity index (χ1v) is 11.4. The smallest absolute Gasteiger partial charge is 0.0284 e. The van der Waals surface area contributed by atoms with E-state index >= 15 is 0 Å². The molecular formula is C23H24Si. The van der Waals surface area contributed by atoms with Crippen LogP contribution in [0, 0.1) is 5.92 Å². The summed E-state index contributed by atoms with van der Waals surface area (Å²) < 4.78 is 0. The van der Waals surface area contributed by atoms with Gasteiger partial charge in [0, 0.05) is 11.8 Å². The van der Waals surface area contributed by atoms with Gasteiger partial charge in [-0.1, -0.05) is 79.5 Å². The second-order valence-corrected chi connectivity index (χ2v) is 9.74. The second kappa shape index (κ2) is 6.14. The number of hydrogen-bond acceptors (Lipinski definition) is 0. The first-order valence-electron chi connectivity index (χ1n) is 8.87. The van der Waals surface area contributed by atoms with Crippen LogP contribution in [0.25, 0.3) is 6.08 Å². The number of fused-ring (bicyclic) bond motifs is 2. The highest BCUT2D eigenvalue weighted by Gasteiger charge is 2.31. The largest absolute Gasteiger partial charge is 0.0963 e. The molecule has 24 heavy (non-hydrogen) atoms. The van der Waals surface area contributed by atoms with Crippen molar-refractivity contribution in [1.29, 1.82) is 0 Å². The van der Waals surface area contributed by atoms with Gasteiger partial charge in [-0.15, -0.1) is 0 Å². The monoisotopic (exact) mass is 328 g/mol. The van der Waals surface area contributed by atoms with Crippen LogP contribution in [0.5, 0.6) is 0 Å². The van der Waals surface area contributed by atoms with E-state index in [2.05, 4.69) is 86.4 Å². The lowest BCUT2D eigenvalue weighted by molar-refractivity contribution is 0.840. The van der Waals surface area contributed by atoms with Gasteiger partial charge < -0.3 is 0 Å². The van der Waals surface area contributed by atoms with Gasteiger partial charge >= 0.3 is 0 Å². The molecule has 0 aromatic heterocycles. The third-order valence-electron chi connectivity index (χ3n) is 5.22. The molecule has 4 rings (SSSR count).